The van der Waals surface area contributed by atoms with Gasteiger partial charge in [0.15, 0.2) is 5.69 Å². The Hall–Kier alpha value is -2.55. The van der Waals surface area contributed by atoms with Crippen LogP contribution in [0.3, 0.4) is 0 Å². The molecule has 2 aromatic rings. The smallest absolute Gasteiger partial charge is 0.326 e. The summed E-state index contributed by atoms with van der Waals surface area (Å²) in [4.78, 5) is 12.2. The van der Waals surface area contributed by atoms with Crippen LogP contribution in [-0.2, 0) is 10.2 Å². The average Bonchev–Trinajstić information content (AvgIpc) is 2.99. The van der Waals surface area contributed by atoms with Crippen molar-refractivity contribution in [3.63, 3.8) is 0 Å². The summed E-state index contributed by atoms with van der Waals surface area (Å²) in [6.45, 7) is 3.49. The van der Waals surface area contributed by atoms with Gasteiger partial charge in [-0.25, -0.2) is 0 Å². The molecule has 3 rings (SSSR count). The zero-order valence-electron chi connectivity index (χ0n) is 13.1. The number of fused-ring (bicyclic) bond motifs is 1. The molecule has 122 valence electrons. The third kappa shape index (κ3) is 2.33. The average molecular weight is 336 g/mol. The second-order valence-corrected chi connectivity index (χ2v) is 7.37. The molecule has 0 bridgehead atoms. The molecule has 23 heavy (non-hydrogen) atoms. The first-order chi connectivity index (χ1) is 10.7. The molecule has 1 N–H and O–H groups in total. The van der Waals surface area contributed by atoms with Crippen molar-refractivity contribution in [1.82, 2.24) is 5.16 Å². The van der Waals surface area contributed by atoms with Gasteiger partial charge in [-0.2, -0.15) is 8.42 Å². The fraction of sp³-hybridized carbons (Fsp3) is 0.286. The van der Waals surface area contributed by atoms with Gasteiger partial charge in [-0.3, -0.25) is 13.4 Å². The summed E-state index contributed by atoms with van der Waals surface area (Å²) in [5.41, 5.74) is 2.51. The maximum Gasteiger partial charge on any atom is 0.326 e. The van der Waals surface area contributed by atoms with Gasteiger partial charge in [0.05, 0.1) is 11.4 Å². The Kier molecular flexibility index (Phi) is 3.33. The predicted octanol–water partition coefficient (Wildman–Crippen LogP) is 1.67. The van der Waals surface area contributed by atoms with E-state index >= 15 is 0 Å². The molecule has 0 unspecified atom stereocenters. The number of benzene rings is 1. The molecule has 2 heterocycles. The number of rotatable bonds is 2. The molecule has 0 atom stereocenters. The summed E-state index contributed by atoms with van der Waals surface area (Å²) in [5, 5.41) is 6.39. The molecule has 1 amide bonds. The van der Waals surface area contributed by atoms with Crippen LogP contribution in [0.4, 0.5) is 17.1 Å². The van der Waals surface area contributed by atoms with Crippen LogP contribution in [0, 0.1) is 13.8 Å². The molecule has 1 aromatic heterocycles. The first-order valence-corrected chi connectivity index (χ1v) is 8.23. The van der Waals surface area contributed by atoms with E-state index in [2.05, 4.69) is 10.5 Å². The van der Waals surface area contributed by atoms with Crippen LogP contribution in [0.2, 0.25) is 0 Å². The van der Waals surface area contributed by atoms with E-state index in [1.807, 2.05) is 0 Å². The Morgan fingerprint density at radius 2 is 1.74 bits per heavy atom. The summed E-state index contributed by atoms with van der Waals surface area (Å²) in [6, 6.07) is 4.89. The zero-order valence-corrected chi connectivity index (χ0v) is 13.9. The van der Waals surface area contributed by atoms with Crippen LogP contribution in [0.15, 0.2) is 22.7 Å². The van der Waals surface area contributed by atoms with Crippen molar-refractivity contribution in [1.29, 1.82) is 0 Å². The molecule has 1 aromatic carbocycles. The second kappa shape index (κ2) is 4.98. The molecule has 1 aliphatic heterocycles. The number of hydrogen-bond donors (Lipinski definition) is 1. The number of nitrogens with one attached hydrogen (secondary N) is 1. The van der Waals surface area contributed by atoms with Crippen LogP contribution < -0.4 is 13.9 Å². The molecular weight excluding hydrogens is 320 g/mol. The first-order valence-electron chi connectivity index (χ1n) is 6.84. The van der Waals surface area contributed by atoms with E-state index < -0.39 is 16.1 Å². The van der Waals surface area contributed by atoms with Crippen LogP contribution in [0.1, 0.15) is 21.8 Å². The highest BCUT2D eigenvalue weighted by molar-refractivity contribution is 7.94. The largest absolute Gasteiger partial charge is 0.361 e. The molecule has 0 saturated carbocycles. The minimum Gasteiger partial charge on any atom is -0.361 e. The maximum absolute atomic E-state index is 12.2. The van der Waals surface area contributed by atoms with E-state index in [1.165, 1.54) is 28.8 Å². The Balaban J connectivity index is 1.97. The van der Waals surface area contributed by atoms with E-state index in [9.17, 15) is 13.2 Å². The van der Waals surface area contributed by atoms with Gasteiger partial charge in [-0.15, -0.1) is 0 Å². The lowest BCUT2D eigenvalue weighted by atomic mass is 10.1. The molecule has 0 spiro atoms. The number of hydrogen-bond acceptors (Lipinski definition) is 5. The third-order valence-corrected chi connectivity index (χ3v) is 5.58. The number of nitrogens with zero attached hydrogens (tertiary/aromatic N) is 3. The van der Waals surface area contributed by atoms with Crippen molar-refractivity contribution in [2.45, 2.75) is 13.8 Å². The van der Waals surface area contributed by atoms with Crippen molar-refractivity contribution in [2.75, 3.05) is 28.0 Å². The molecule has 1 aliphatic rings. The zero-order chi connectivity index (χ0) is 16.9. The monoisotopic (exact) mass is 336 g/mol. The predicted molar refractivity (Wildman–Crippen MR) is 86.1 cm³/mol. The van der Waals surface area contributed by atoms with Crippen LogP contribution in [-0.4, -0.2) is 33.6 Å². The Bertz CT molecular complexity index is 903. The summed E-state index contributed by atoms with van der Waals surface area (Å²) >= 11 is 0. The van der Waals surface area contributed by atoms with Gasteiger partial charge in [-0.05, 0) is 31.5 Å². The summed E-state index contributed by atoms with van der Waals surface area (Å²) in [6.07, 6.45) is 0. The lowest BCUT2D eigenvalue weighted by Gasteiger charge is -2.13. The Morgan fingerprint density at radius 1 is 1.13 bits per heavy atom. The topological polar surface area (TPSA) is 95.8 Å². The molecule has 0 fully saturated rings. The fourth-order valence-corrected chi connectivity index (χ4v) is 3.57. The van der Waals surface area contributed by atoms with Gasteiger partial charge in [0, 0.05) is 25.8 Å². The summed E-state index contributed by atoms with van der Waals surface area (Å²) in [5.74, 6) is 0.120. The van der Waals surface area contributed by atoms with Gasteiger partial charge < -0.3 is 9.84 Å². The van der Waals surface area contributed by atoms with E-state index in [1.54, 1.807) is 26.0 Å². The SMILES string of the molecule is Cc1cc(C(=O)Nc2cc3c(cc2C)N(C)S(=O)(=O)N3C)no1. The van der Waals surface area contributed by atoms with Crippen LogP contribution in [0.5, 0.6) is 0 Å². The minimum atomic E-state index is -3.55. The van der Waals surface area contributed by atoms with Crippen molar-refractivity contribution in [2.24, 2.45) is 0 Å². The standard InChI is InChI=1S/C14H16N4O4S/c1-8-5-12-13(18(4)23(20,21)17(12)3)7-10(8)15-14(19)11-6-9(2)22-16-11/h5-7H,1-4H3,(H,15,19). The highest BCUT2D eigenvalue weighted by Gasteiger charge is 2.36. The normalized spacial score (nSPS) is 15.7. The van der Waals surface area contributed by atoms with Gasteiger partial charge in [0.1, 0.15) is 5.76 Å². The number of carbonyl (C=O) groups is 1. The quantitative estimate of drug-likeness (QED) is 0.900. The van der Waals surface area contributed by atoms with E-state index in [-0.39, 0.29) is 5.69 Å². The summed E-state index contributed by atoms with van der Waals surface area (Å²) in [7, 11) is -0.582. The molecule has 0 radical (unpaired) electrons. The number of carbonyl (C=O) groups excluding carboxylic acids is 1. The van der Waals surface area contributed by atoms with E-state index in [0.717, 1.165) is 5.56 Å². The Morgan fingerprint density at radius 3 is 2.30 bits per heavy atom. The van der Waals surface area contributed by atoms with Crippen molar-refractivity contribution in [3.8, 4) is 0 Å². The number of amides is 1. The number of anilines is 3. The van der Waals surface area contributed by atoms with Gasteiger partial charge in [-0.1, -0.05) is 5.16 Å². The first kappa shape index (κ1) is 15.3. The number of aryl methyl sites for hydroxylation is 2. The van der Waals surface area contributed by atoms with Crippen LogP contribution >= 0.6 is 0 Å². The lowest BCUT2D eigenvalue weighted by molar-refractivity contribution is 0.101. The molecule has 0 saturated heterocycles. The minimum absolute atomic E-state index is 0.167. The molecule has 0 aliphatic carbocycles. The Labute approximate surface area is 133 Å². The highest BCUT2D eigenvalue weighted by Crippen LogP contribution is 2.41. The lowest BCUT2D eigenvalue weighted by Crippen LogP contribution is -2.32. The third-order valence-electron chi connectivity index (χ3n) is 3.80. The van der Waals surface area contributed by atoms with Gasteiger partial charge in [0.2, 0.25) is 0 Å². The highest BCUT2D eigenvalue weighted by atomic mass is 32.2. The van der Waals surface area contributed by atoms with Gasteiger partial charge in [0.25, 0.3) is 5.91 Å². The molecular formula is C14H16N4O4S. The van der Waals surface area contributed by atoms with E-state index in [0.29, 0.717) is 22.8 Å². The van der Waals surface area contributed by atoms with Crippen molar-refractivity contribution in [3.05, 3.63) is 35.2 Å². The summed E-state index contributed by atoms with van der Waals surface area (Å²) < 4.78 is 31.6. The maximum atomic E-state index is 12.2. The van der Waals surface area contributed by atoms with Gasteiger partial charge >= 0.3 is 10.2 Å². The van der Waals surface area contributed by atoms with Crippen molar-refractivity contribution >= 4 is 33.2 Å². The number of aromatic nitrogens is 1. The molecule has 8 nitrogen and oxygen atoms in total. The van der Waals surface area contributed by atoms with Crippen LogP contribution in [0.25, 0.3) is 0 Å². The fourth-order valence-electron chi connectivity index (χ4n) is 2.41. The molecule has 9 heteroatoms. The van der Waals surface area contributed by atoms with E-state index in [4.69, 9.17) is 4.52 Å². The van der Waals surface area contributed by atoms with Crippen molar-refractivity contribution < 1.29 is 17.7 Å². The second-order valence-electron chi connectivity index (χ2n) is 5.38.